The van der Waals surface area contributed by atoms with Crippen LogP contribution in [0.15, 0.2) is 17.2 Å². The third kappa shape index (κ3) is 2.25. The Hall–Kier alpha value is 0.0200. The predicted molar refractivity (Wildman–Crippen MR) is 49.2 cm³/mol. The average molecular weight is 305 g/mol. The molecule has 12 heavy (non-hydrogen) atoms. The molecule has 0 bridgehead atoms. The van der Waals surface area contributed by atoms with Gasteiger partial charge in [0.1, 0.15) is 0 Å². The zero-order valence-electron chi connectivity index (χ0n) is 5.56. The topological polar surface area (TPSA) is 12.9 Å². The van der Waals surface area contributed by atoms with Crippen molar-refractivity contribution in [1.82, 2.24) is 4.98 Å². The summed E-state index contributed by atoms with van der Waals surface area (Å²) in [6.45, 7) is 0. The molecule has 0 unspecified atom stereocenters. The lowest BCUT2D eigenvalue weighted by Crippen LogP contribution is -2.09. The molecule has 0 N–H and O–H groups in total. The molecule has 0 saturated carbocycles. The Morgan fingerprint density at radius 3 is 2.42 bits per heavy atom. The lowest BCUT2D eigenvalue weighted by Gasteiger charge is -2.07. The molecule has 1 rings (SSSR count). The Kier molecular flexibility index (Phi) is 2.87. The van der Waals surface area contributed by atoms with Crippen LogP contribution in [-0.4, -0.2) is 4.98 Å². The molecule has 0 aromatic carbocycles. The lowest BCUT2D eigenvalue weighted by molar-refractivity contribution is -0.143. The molecule has 0 amide bonds. The molecule has 66 valence electrons. The van der Waals surface area contributed by atoms with E-state index in [9.17, 15) is 13.2 Å². The molecular weight excluding hydrogens is 302 g/mol. The highest BCUT2D eigenvalue weighted by atomic mass is 127. The van der Waals surface area contributed by atoms with E-state index in [4.69, 9.17) is 0 Å². The van der Waals surface area contributed by atoms with Crippen LogP contribution in [0.5, 0.6) is 0 Å². The molecule has 1 aromatic heterocycles. The predicted octanol–water partition coefficient (Wildman–Crippen LogP) is 2.99. The first-order chi connectivity index (χ1) is 5.41. The largest absolute Gasteiger partial charge is 0.434 e. The van der Waals surface area contributed by atoms with Gasteiger partial charge in [0.05, 0.1) is 0 Å². The molecule has 1 heterocycles. The maximum Gasteiger partial charge on any atom is 0.434 e. The van der Waals surface area contributed by atoms with Gasteiger partial charge in [-0.1, -0.05) is 0 Å². The van der Waals surface area contributed by atoms with Gasteiger partial charge in [-0.25, -0.2) is 4.98 Å². The molecule has 0 aliphatic rings. The number of thiol groups is 1. The minimum Gasteiger partial charge on any atom is -0.250 e. The fraction of sp³-hybridized carbons (Fsp3) is 0.167. The van der Waals surface area contributed by atoms with Gasteiger partial charge in [0.25, 0.3) is 0 Å². The quantitative estimate of drug-likeness (QED) is 0.574. The van der Waals surface area contributed by atoms with Gasteiger partial charge in [-0.15, -0.1) is 12.6 Å². The van der Waals surface area contributed by atoms with E-state index in [1.165, 1.54) is 6.07 Å². The summed E-state index contributed by atoms with van der Waals surface area (Å²) < 4.78 is 36.8. The van der Waals surface area contributed by atoms with Crippen molar-refractivity contribution in [2.45, 2.75) is 11.1 Å². The molecule has 1 aromatic rings. The fourth-order valence-corrected chi connectivity index (χ4v) is 1.67. The van der Waals surface area contributed by atoms with E-state index >= 15 is 0 Å². The van der Waals surface area contributed by atoms with Crippen molar-refractivity contribution in [1.29, 1.82) is 0 Å². The van der Waals surface area contributed by atoms with E-state index in [2.05, 4.69) is 17.6 Å². The maximum atomic E-state index is 12.1. The van der Waals surface area contributed by atoms with Gasteiger partial charge in [0.2, 0.25) is 0 Å². The monoisotopic (exact) mass is 305 g/mol. The van der Waals surface area contributed by atoms with Crippen LogP contribution in [0.2, 0.25) is 0 Å². The number of hydrogen-bond donors (Lipinski definition) is 1. The van der Waals surface area contributed by atoms with Crippen LogP contribution in [0.3, 0.4) is 0 Å². The molecule has 0 spiro atoms. The van der Waals surface area contributed by atoms with Gasteiger partial charge in [0.15, 0.2) is 5.69 Å². The van der Waals surface area contributed by atoms with E-state index in [0.29, 0.717) is 3.57 Å². The summed E-state index contributed by atoms with van der Waals surface area (Å²) in [7, 11) is 0. The Balaban J connectivity index is 3.19. The minimum absolute atomic E-state index is 0.144. The number of halogens is 4. The van der Waals surface area contributed by atoms with Gasteiger partial charge in [-0.2, -0.15) is 13.2 Å². The first kappa shape index (κ1) is 10.1. The average Bonchev–Trinajstić information content (AvgIpc) is 1.83. The van der Waals surface area contributed by atoms with E-state index in [0.717, 1.165) is 6.20 Å². The van der Waals surface area contributed by atoms with E-state index in [1.807, 2.05) is 22.6 Å². The second-order valence-corrected chi connectivity index (χ2v) is 3.75. The normalized spacial score (nSPS) is 11.8. The van der Waals surface area contributed by atoms with Crippen LogP contribution >= 0.6 is 35.2 Å². The molecule has 0 saturated heterocycles. The molecule has 0 radical (unpaired) electrons. The molecule has 0 atom stereocenters. The van der Waals surface area contributed by atoms with Crippen LogP contribution in [0.1, 0.15) is 5.69 Å². The van der Waals surface area contributed by atoms with Crippen LogP contribution in [0, 0.1) is 3.57 Å². The first-order valence-electron chi connectivity index (χ1n) is 2.83. The summed E-state index contributed by atoms with van der Waals surface area (Å²) in [4.78, 5) is 3.10. The standard InChI is InChI=1S/C6H3F3INS/c7-6(8,9)5-4(12)1-3(10)2-11-5/h1-2,12H. The Labute approximate surface area is 85.9 Å². The van der Waals surface area contributed by atoms with Gasteiger partial charge >= 0.3 is 6.18 Å². The van der Waals surface area contributed by atoms with Crippen LogP contribution in [0.4, 0.5) is 13.2 Å². The zero-order valence-corrected chi connectivity index (χ0v) is 8.61. The Bertz CT molecular complexity index is 299. The Morgan fingerprint density at radius 2 is 2.00 bits per heavy atom. The summed E-state index contributed by atoms with van der Waals surface area (Å²) in [6, 6.07) is 1.32. The lowest BCUT2D eigenvalue weighted by atomic mass is 10.3. The van der Waals surface area contributed by atoms with Crippen molar-refractivity contribution in [3.05, 3.63) is 21.5 Å². The first-order valence-corrected chi connectivity index (χ1v) is 4.35. The van der Waals surface area contributed by atoms with E-state index in [1.54, 1.807) is 0 Å². The number of hydrogen-bond acceptors (Lipinski definition) is 2. The number of nitrogens with zero attached hydrogens (tertiary/aromatic N) is 1. The molecular formula is C6H3F3INS. The SMILES string of the molecule is FC(F)(F)c1ncc(I)cc1S. The van der Waals surface area contributed by atoms with E-state index < -0.39 is 11.9 Å². The van der Waals surface area contributed by atoms with Crippen LogP contribution in [-0.2, 0) is 6.18 Å². The van der Waals surface area contributed by atoms with Gasteiger partial charge in [0, 0.05) is 14.7 Å². The summed E-state index contributed by atoms with van der Waals surface area (Å²) in [5.74, 6) is 0. The number of alkyl halides is 3. The smallest absolute Gasteiger partial charge is 0.250 e. The van der Waals surface area contributed by atoms with Crippen molar-refractivity contribution in [2.75, 3.05) is 0 Å². The van der Waals surface area contributed by atoms with Crippen molar-refractivity contribution in [2.24, 2.45) is 0 Å². The summed E-state index contributed by atoms with van der Waals surface area (Å²) >= 11 is 5.55. The summed E-state index contributed by atoms with van der Waals surface area (Å²) in [6.07, 6.45) is -3.26. The van der Waals surface area contributed by atoms with Gasteiger partial charge in [-0.3, -0.25) is 0 Å². The van der Waals surface area contributed by atoms with Crippen molar-refractivity contribution in [3.8, 4) is 0 Å². The third-order valence-corrected chi connectivity index (χ3v) is 2.03. The zero-order chi connectivity index (χ0) is 9.35. The minimum atomic E-state index is -4.42. The Morgan fingerprint density at radius 1 is 1.42 bits per heavy atom. The summed E-state index contributed by atoms with van der Waals surface area (Å²) in [5, 5.41) is 0. The second kappa shape index (κ2) is 3.41. The summed E-state index contributed by atoms with van der Waals surface area (Å²) in [5.41, 5.74) is -0.939. The van der Waals surface area contributed by atoms with Crippen molar-refractivity contribution in [3.63, 3.8) is 0 Å². The van der Waals surface area contributed by atoms with E-state index in [-0.39, 0.29) is 4.90 Å². The fourth-order valence-electron chi connectivity index (χ4n) is 0.647. The highest BCUT2D eigenvalue weighted by molar-refractivity contribution is 14.1. The van der Waals surface area contributed by atoms with Crippen molar-refractivity contribution < 1.29 is 13.2 Å². The molecule has 1 nitrogen and oxygen atoms in total. The molecule has 6 heteroatoms. The van der Waals surface area contributed by atoms with Crippen molar-refractivity contribution >= 4 is 35.2 Å². The third-order valence-electron chi connectivity index (χ3n) is 1.10. The van der Waals surface area contributed by atoms with Crippen LogP contribution in [0.25, 0.3) is 0 Å². The number of rotatable bonds is 0. The highest BCUT2D eigenvalue weighted by Gasteiger charge is 2.34. The number of aromatic nitrogens is 1. The molecule has 0 aliphatic heterocycles. The van der Waals surface area contributed by atoms with Gasteiger partial charge in [-0.05, 0) is 28.7 Å². The van der Waals surface area contributed by atoms with Crippen LogP contribution < -0.4 is 0 Å². The molecule has 0 aliphatic carbocycles. The highest BCUT2D eigenvalue weighted by Crippen LogP contribution is 2.32. The van der Waals surface area contributed by atoms with Gasteiger partial charge < -0.3 is 0 Å². The molecule has 0 fully saturated rings. The second-order valence-electron chi connectivity index (χ2n) is 2.02. The number of pyridine rings is 1. The maximum absolute atomic E-state index is 12.1.